The zero-order valence-corrected chi connectivity index (χ0v) is 9.97. The Hall–Kier alpha value is -2.04. The Morgan fingerprint density at radius 2 is 2.18 bits per heavy atom. The van der Waals surface area contributed by atoms with E-state index in [1.54, 1.807) is 31.9 Å². The van der Waals surface area contributed by atoms with Gasteiger partial charge < -0.3 is 14.4 Å². The minimum Gasteiger partial charge on any atom is -0.480 e. The number of hydrogen-bond acceptors (Lipinski definition) is 4. The first-order chi connectivity index (χ1) is 7.93. The van der Waals surface area contributed by atoms with Gasteiger partial charge in [-0.25, -0.2) is 9.78 Å². The molecule has 0 saturated heterocycles. The summed E-state index contributed by atoms with van der Waals surface area (Å²) < 4.78 is 5.20. The van der Waals surface area contributed by atoms with E-state index < -0.39 is 11.5 Å². The number of carboxylic acids is 1. The van der Waals surface area contributed by atoms with Gasteiger partial charge in [0.2, 0.25) is 0 Å². The standard InChI is InChI=1S/C12H14N2O3/c1-12(2,11(15)16)14(3)8-4-5-9-10(6-8)17-7-13-9/h4-7H,1-3H3,(H,15,16). The lowest BCUT2D eigenvalue weighted by Gasteiger charge is -2.33. The van der Waals surface area contributed by atoms with Crippen LogP contribution in [0.25, 0.3) is 11.1 Å². The van der Waals surface area contributed by atoms with Gasteiger partial charge in [0.15, 0.2) is 12.0 Å². The summed E-state index contributed by atoms with van der Waals surface area (Å²) >= 11 is 0. The lowest BCUT2D eigenvalue weighted by atomic mass is 10.0. The number of carbonyl (C=O) groups is 1. The topological polar surface area (TPSA) is 66.6 Å². The van der Waals surface area contributed by atoms with Crippen LogP contribution in [0.2, 0.25) is 0 Å². The summed E-state index contributed by atoms with van der Waals surface area (Å²) in [7, 11) is 1.74. The molecule has 0 spiro atoms. The molecule has 2 rings (SSSR count). The molecule has 5 nitrogen and oxygen atoms in total. The van der Waals surface area contributed by atoms with Crippen LogP contribution in [0.15, 0.2) is 29.0 Å². The molecule has 0 atom stereocenters. The fraction of sp³-hybridized carbons (Fsp3) is 0.333. The number of rotatable bonds is 3. The van der Waals surface area contributed by atoms with Crippen LogP contribution >= 0.6 is 0 Å². The average molecular weight is 234 g/mol. The van der Waals surface area contributed by atoms with Crippen LogP contribution in [-0.2, 0) is 4.79 Å². The SMILES string of the molecule is CN(c1ccc2ncoc2c1)C(C)(C)C(=O)O. The molecule has 0 saturated carbocycles. The quantitative estimate of drug-likeness (QED) is 0.881. The molecule has 1 heterocycles. The fourth-order valence-electron chi connectivity index (χ4n) is 1.52. The molecule has 0 aliphatic rings. The molecular formula is C12H14N2O3. The molecule has 0 fully saturated rings. The Morgan fingerprint density at radius 1 is 1.47 bits per heavy atom. The third kappa shape index (κ3) is 1.84. The summed E-state index contributed by atoms with van der Waals surface area (Å²) in [5.74, 6) is -0.877. The van der Waals surface area contributed by atoms with Crippen molar-refractivity contribution in [3.63, 3.8) is 0 Å². The summed E-state index contributed by atoms with van der Waals surface area (Å²) in [4.78, 5) is 16.9. The van der Waals surface area contributed by atoms with Gasteiger partial charge in [-0.3, -0.25) is 0 Å². The number of aliphatic carboxylic acids is 1. The molecule has 90 valence electrons. The van der Waals surface area contributed by atoms with Gasteiger partial charge in [0.1, 0.15) is 11.1 Å². The maximum absolute atomic E-state index is 11.2. The van der Waals surface area contributed by atoms with E-state index in [-0.39, 0.29) is 0 Å². The number of nitrogens with zero attached hydrogens (tertiary/aromatic N) is 2. The first-order valence-electron chi connectivity index (χ1n) is 5.23. The van der Waals surface area contributed by atoms with E-state index in [1.807, 2.05) is 12.1 Å². The molecule has 0 radical (unpaired) electrons. The van der Waals surface area contributed by atoms with Crippen molar-refractivity contribution in [3.8, 4) is 0 Å². The van der Waals surface area contributed by atoms with Crippen LogP contribution < -0.4 is 4.90 Å². The molecule has 1 N–H and O–H groups in total. The summed E-state index contributed by atoms with van der Waals surface area (Å²) in [6.45, 7) is 3.31. The average Bonchev–Trinajstić information content (AvgIpc) is 2.74. The second kappa shape index (κ2) is 3.76. The van der Waals surface area contributed by atoms with Gasteiger partial charge in [0, 0.05) is 18.8 Å². The van der Waals surface area contributed by atoms with E-state index in [0.29, 0.717) is 5.58 Å². The molecule has 0 aliphatic heterocycles. The van der Waals surface area contributed by atoms with Crippen LogP contribution in [0.5, 0.6) is 0 Å². The van der Waals surface area contributed by atoms with E-state index in [0.717, 1.165) is 11.2 Å². The maximum atomic E-state index is 11.2. The molecule has 0 aliphatic carbocycles. The normalized spacial score (nSPS) is 11.7. The third-order valence-corrected chi connectivity index (χ3v) is 3.06. The van der Waals surface area contributed by atoms with Gasteiger partial charge in [-0.05, 0) is 26.0 Å². The highest BCUT2D eigenvalue weighted by molar-refractivity contribution is 5.84. The second-order valence-corrected chi connectivity index (χ2v) is 4.43. The number of carboxylic acid groups (broad SMARTS) is 1. The molecule has 0 unspecified atom stereocenters. The van der Waals surface area contributed by atoms with Crippen LogP contribution in [0.4, 0.5) is 5.69 Å². The zero-order valence-electron chi connectivity index (χ0n) is 9.97. The van der Waals surface area contributed by atoms with Crippen molar-refractivity contribution in [1.82, 2.24) is 4.98 Å². The molecule has 0 bridgehead atoms. The molecule has 1 aromatic heterocycles. The van der Waals surface area contributed by atoms with E-state index in [4.69, 9.17) is 9.52 Å². The number of aromatic nitrogens is 1. The number of hydrogen-bond donors (Lipinski definition) is 1. The predicted octanol–water partition coefficient (Wildman–Crippen LogP) is 2.13. The minimum atomic E-state index is -0.978. The Kier molecular flexibility index (Phi) is 2.53. The summed E-state index contributed by atoms with van der Waals surface area (Å²) in [6, 6.07) is 5.42. The largest absolute Gasteiger partial charge is 0.480 e. The van der Waals surface area contributed by atoms with Gasteiger partial charge in [-0.15, -0.1) is 0 Å². The van der Waals surface area contributed by atoms with Crippen LogP contribution in [0, 0.1) is 0 Å². The Balaban J connectivity index is 2.42. The van der Waals surface area contributed by atoms with Gasteiger partial charge >= 0.3 is 5.97 Å². The maximum Gasteiger partial charge on any atom is 0.328 e. The van der Waals surface area contributed by atoms with E-state index in [2.05, 4.69) is 4.98 Å². The van der Waals surface area contributed by atoms with E-state index in [9.17, 15) is 4.79 Å². The minimum absolute atomic E-state index is 0.649. The van der Waals surface area contributed by atoms with E-state index in [1.165, 1.54) is 6.39 Å². The number of benzene rings is 1. The van der Waals surface area contributed by atoms with Gasteiger partial charge in [-0.2, -0.15) is 0 Å². The second-order valence-electron chi connectivity index (χ2n) is 4.43. The number of fused-ring (bicyclic) bond motifs is 1. The highest BCUT2D eigenvalue weighted by Gasteiger charge is 2.32. The van der Waals surface area contributed by atoms with Crippen molar-refractivity contribution in [2.24, 2.45) is 0 Å². The first kappa shape index (κ1) is 11.4. The fourth-order valence-corrected chi connectivity index (χ4v) is 1.52. The summed E-state index contributed by atoms with van der Waals surface area (Å²) in [5.41, 5.74) is 1.21. The molecular weight excluding hydrogens is 220 g/mol. The van der Waals surface area contributed by atoms with Crippen molar-refractivity contribution in [2.75, 3.05) is 11.9 Å². The van der Waals surface area contributed by atoms with Crippen LogP contribution in [-0.4, -0.2) is 28.6 Å². The van der Waals surface area contributed by atoms with Crippen LogP contribution in [0.1, 0.15) is 13.8 Å². The number of anilines is 1. The van der Waals surface area contributed by atoms with Crippen LogP contribution in [0.3, 0.4) is 0 Å². The summed E-state index contributed by atoms with van der Waals surface area (Å²) in [6.07, 6.45) is 1.37. The highest BCUT2D eigenvalue weighted by Crippen LogP contribution is 2.26. The van der Waals surface area contributed by atoms with Crippen molar-refractivity contribution >= 4 is 22.8 Å². The van der Waals surface area contributed by atoms with Crippen molar-refractivity contribution < 1.29 is 14.3 Å². The lowest BCUT2D eigenvalue weighted by molar-refractivity contribution is -0.142. The smallest absolute Gasteiger partial charge is 0.328 e. The van der Waals surface area contributed by atoms with Crippen molar-refractivity contribution in [1.29, 1.82) is 0 Å². The molecule has 2 aromatic rings. The highest BCUT2D eigenvalue weighted by atomic mass is 16.4. The predicted molar refractivity (Wildman–Crippen MR) is 64.1 cm³/mol. The molecule has 5 heteroatoms. The lowest BCUT2D eigenvalue weighted by Crippen LogP contribution is -2.48. The zero-order chi connectivity index (χ0) is 12.6. The van der Waals surface area contributed by atoms with E-state index >= 15 is 0 Å². The van der Waals surface area contributed by atoms with Crippen molar-refractivity contribution in [3.05, 3.63) is 24.6 Å². The third-order valence-electron chi connectivity index (χ3n) is 3.06. The molecule has 0 amide bonds. The molecule has 1 aromatic carbocycles. The monoisotopic (exact) mass is 234 g/mol. The Bertz CT molecular complexity index is 560. The Labute approximate surface area is 98.7 Å². The van der Waals surface area contributed by atoms with Gasteiger partial charge in [-0.1, -0.05) is 0 Å². The summed E-state index contributed by atoms with van der Waals surface area (Å²) in [5, 5.41) is 9.17. The first-order valence-corrected chi connectivity index (χ1v) is 5.23. The van der Waals surface area contributed by atoms with Gasteiger partial charge in [0.05, 0.1) is 0 Å². The molecule has 17 heavy (non-hydrogen) atoms. The number of likely N-dealkylation sites (N-methyl/N-ethyl adjacent to an activating group) is 1. The number of oxazole rings is 1. The van der Waals surface area contributed by atoms with Crippen molar-refractivity contribution in [2.45, 2.75) is 19.4 Å². The van der Waals surface area contributed by atoms with Gasteiger partial charge in [0.25, 0.3) is 0 Å². The Morgan fingerprint density at radius 3 is 2.82 bits per heavy atom.